The lowest BCUT2D eigenvalue weighted by molar-refractivity contribution is 0.342. The van der Waals surface area contributed by atoms with E-state index < -0.39 is 0 Å². The number of anilines is 2. The van der Waals surface area contributed by atoms with Crippen LogP contribution >= 0.6 is 0 Å². The Morgan fingerprint density at radius 2 is 2.11 bits per heavy atom. The maximum atomic E-state index is 6.11. The number of benzene rings is 1. The van der Waals surface area contributed by atoms with Gasteiger partial charge in [0.25, 0.3) is 0 Å². The summed E-state index contributed by atoms with van der Waals surface area (Å²) in [5, 5.41) is 3.49. The largest absolute Gasteiger partial charge is 0.492 e. The van der Waals surface area contributed by atoms with E-state index in [0.717, 1.165) is 29.6 Å². The number of hydrogen-bond donors (Lipinski definition) is 2. The van der Waals surface area contributed by atoms with Crippen LogP contribution in [0.25, 0.3) is 0 Å². The van der Waals surface area contributed by atoms with Crippen LogP contribution in [0, 0.1) is 11.3 Å². The summed E-state index contributed by atoms with van der Waals surface area (Å²) in [5.74, 6) is 1.50. The molecule has 0 heterocycles. The third-order valence-electron chi connectivity index (χ3n) is 4.11. The zero-order valence-corrected chi connectivity index (χ0v) is 11.6. The van der Waals surface area contributed by atoms with E-state index in [1.54, 1.807) is 0 Å². The van der Waals surface area contributed by atoms with Gasteiger partial charge >= 0.3 is 0 Å². The molecule has 0 atom stereocenters. The third-order valence-corrected chi connectivity index (χ3v) is 4.11. The molecule has 0 amide bonds. The van der Waals surface area contributed by atoms with Crippen LogP contribution in [0.2, 0.25) is 0 Å². The number of nitrogens with two attached hydrogens (primary N) is 1. The summed E-state index contributed by atoms with van der Waals surface area (Å²) >= 11 is 0. The van der Waals surface area contributed by atoms with Crippen molar-refractivity contribution in [1.82, 2.24) is 0 Å². The molecule has 1 aromatic rings. The number of nitrogen functional groups attached to an aromatic ring is 1. The van der Waals surface area contributed by atoms with Gasteiger partial charge in [-0.05, 0) is 43.2 Å². The topological polar surface area (TPSA) is 47.3 Å². The fourth-order valence-corrected chi connectivity index (χ4v) is 2.37. The highest BCUT2D eigenvalue weighted by Gasteiger charge is 2.44. The number of nitrogens with one attached hydrogen (secondary N) is 1. The first-order valence-corrected chi connectivity index (χ1v) is 6.84. The summed E-state index contributed by atoms with van der Waals surface area (Å²) in [6.07, 6.45) is 2.64. The highest BCUT2D eigenvalue weighted by Crippen LogP contribution is 2.52. The molecule has 0 bridgehead atoms. The fraction of sp³-hybridized carbons (Fsp3) is 0.600. The Kier molecular flexibility index (Phi) is 3.69. The molecule has 2 rings (SSSR count). The molecule has 3 N–H and O–H groups in total. The van der Waals surface area contributed by atoms with Gasteiger partial charge < -0.3 is 15.8 Å². The third kappa shape index (κ3) is 2.55. The number of hydrogen-bond acceptors (Lipinski definition) is 3. The van der Waals surface area contributed by atoms with Crippen LogP contribution in [-0.4, -0.2) is 13.2 Å². The van der Waals surface area contributed by atoms with Gasteiger partial charge in [0.05, 0.1) is 18.0 Å². The van der Waals surface area contributed by atoms with Crippen molar-refractivity contribution in [2.45, 2.75) is 33.6 Å². The number of rotatable bonds is 6. The fourth-order valence-electron chi connectivity index (χ4n) is 2.37. The van der Waals surface area contributed by atoms with E-state index in [0.29, 0.717) is 12.0 Å². The van der Waals surface area contributed by atoms with E-state index >= 15 is 0 Å². The molecule has 1 fully saturated rings. The molecule has 3 nitrogen and oxygen atoms in total. The van der Waals surface area contributed by atoms with Crippen molar-refractivity contribution in [3.63, 3.8) is 0 Å². The lowest BCUT2D eigenvalue weighted by Gasteiger charge is -2.22. The summed E-state index contributed by atoms with van der Waals surface area (Å²) in [4.78, 5) is 0. The molecule has 1 saturated carbocycles. The molecule has 0 saturated heterocycles. The normalized spacial score (nSPS) is 16.7. The molecule has 1 aliphatic carbocycles. The second-order valence-corrected chi connectivity index (χ2v) is 5.52. The number of ether oxygens (including phenoxy) is 1. The second kappa shape index (κ2) is 5.09. The molecule has 0 aliphatic heterocycles. The van der Waals surface area contributed by atoms with Crippen LogP contribution in [0.4, 0.5) is 11.4 Å². The van der Waals surface area contributed by atoms with Gasteiger partial charge in [-0.15, -0.1) is 0 Å². The molecule has 0 radical (unpaired) electrons. The predicted molar refractivity (Wildman–Crippen MR) is 77.0 cm³/mol. The first-order valence-electron chi connectivity index (χ1n) is 6.84. The average Bonchev–Trinajstić information content (AvgIpc) is 3.12. The first-order chi connectivity index (χ1) is 8.59. The molecule has 100 valence electrons. The highest BCUT2D eigenvalue weighted by atomic mass is 16.5. The van der Waals surface area contributed by atoms with Crippen molar-refractivity contribution in [2.24, 2.45) is 11.3 Å². The Balaban J connectivity index is 2.03. The molecule has 3 heteroatoms. The Hall–Kier alpha value is -1.38. The summed E-state index contributed by atoms with van der Waals surface area (Å²) in [6, 6.07) is 5.92. The van der Waals surface area contributed by atoms with Crippen molar-refractivity contribution in [3.05, 3.63) is 18.2 Å². The molecular weight excluding hydrogens is 224 g/mol. The van der Waals surface area contributed by atoms with Crippen LogP contribution in [-0.2, 0) is 0 Å². The van der Waals surface area contributed by atoms with Gasteiger partial charge in [0.15, 0.2) is 0 Å². The quantitative estimate of drug-likeness (QED) is 0.757. The predicted octanol–water partition coefficient (Wildman–Crippen LogP) is 3.52. The van der Waals surface area contributed by atoms with E-state index in [2.05, 4.69) is 19.2 Å². The van der Waals surface area contributed by atoms with E-state index in [9.17, 15) is 0 Å². The Bertz CT molecular complexity index is 411. The Labute approximate surface area is 110 Å². The molecule has 18 heavy (non-hydrogen) atoms. The Morgan fingerprint density at radius 1 is 1.39 bits per heavy atom. The lowest BCUT2D eigenvalue weighted by atomic mass is 9.92. The van der Waals surface area contributed by atoms with Crippen molar-refractivity contribution in [2.75, 3.05) is 24.2 Å². The van der Waals surface area contributed by atoms with Crippen LogP contribution < -0.4 is 15.8 Å². The molecule has 0 spiro atoms. The van der Waals surface area contributed by atoms with Gasteiger partial charge in [-0.1, -0.05) is 19.9 Å². The summed E-state index contributed by atoms with van der Waals surface area (Å²) in [5.41, 5.74) is 8.30. The maximum absolute atomic E-state index is 6.11. The molecule has 0 aromatic heterocycles. The minimum Gasteiger partial charge on any atom is -0.492 e. The van der Waals surface area contributed by atoms with Gasteiger partial charge in [0, 0.05) is 6.54 Å². The standard InChI is InChI=1S/C15H24N2O/c1-4-18-13-7-5-6-12(14(13)16)17-10-15(8-9-15)11(2)3/h5-7,11,17H,4,8-10,16H2,1-3H3. The monoisotopic (exact) mass is 248 g/mol. The van der Waals surface area contributed by atoms with Crippen LogP contribution in [0.5, 0.6) is 5.75 Å². The van der Waals surface area contributed by atoms with Crippen LogP contribution in [0.15, 0.2) is 18.2 Å². The molecule has 1 aliphatic rings. The van der Waals surface area contributed by atoms with E-state index in [4.69, 9.17) is 10.5 Å². The summed E-state index contributed by atoms with van der Waals surface area (Å²) in [7, 11) is 0. The van der Waals surface area contributed by atoms with E-state index in [-0.39, 0.29) is 0 Å². The van der Waals surface area contributed by atoms with Gasteiger partial charge in [-0.3, -0.25) is 0 Å². The lowest BCUT2D eigenvalue weighted by Crippen LogP contribution is -2.21. The van der Waals surface area contributed by atoms with Crippen molar-refractivity contribution in [3.8, 4) is 5.75 Å². The van der Waals surface area contributed by atoms with E-state index in [1.165, 1.54) is 12.8 Å². The smallest absolute Gasteiger partial charge is 0.144 e. The minimum absolute atomic E-state index is 0.480. The summed E-state index contributed by atoms with van der Waals surface area (Å²) < 4.78 is 5.51. The molecular formula is C15H24N2O. The van der Waals surface area contributed by atoms with Crippen LogP contribution in [0.3, 0.4) is 0 Å². The Morgan fingerprint density at radius 3 is 2.67 bits per heavy atom. The zero-order valence-electron chi connectivity index (χ0n) is 11.6. The van der Waals surface area contributed by atoms with E-state index in [1.807, 2.05) is 25.1 Å². The second-order valence-electron chi connectivity index (χ2n) is 5.52. The molecule has 0 unspecified atom stereocenters. The molecule has 1 aromatic carbocycles. The zero-order chi connectivity index (χ0) is 13.2. The average molecular weight is 248 g/mol. The minimum atomic E-state index is 0.480. The van der Waals surface area contributed by atoms with Gasteiger partial charge in [0.1, 0.15) is 5.75 Å². The first kappa shape index (κ1) is 13.1. The highest BCUT2D eigenvalue weighted by molar-refractivity contribution is 5.73. The SMILES string of the molecule is CCOc1cccc(NCC2(C(C)C)CC2)c1N. The van der Waals surface area contributed by atoms with Gasteiger partial charge in [0.2, 0.25) is 0 Å². The van der Waals surface area contributed by atoms with Gasteiger partial charge in [-0.2, -0.15) is 0 Å². The van der Waals surface area contributed by atoms with Crippen molar-refractivity contribution >= 4 is 11.4 Å². The van der Waals surface area contributed by atoms with Gasteiger partial charge in [-0.25, -0.2) is 0 Å². The summed E-state index contributed by atoms with van der Waals surface area (Å²) in [6.45, 7) is 8.22. The van der Waals surface area contributed by atoms with Crippen molar-refractivity contribution in [1.29, 1.82) is 0 Å². The number of para-hydroxylation sites is 1. The maximum Gasteiger partial charge on any atom is 0.144 e. The van der Waals surface area contributed by atoms with Crippen LogP contribution in [0.1, 0.15) is 33.6 Å². The van der Waals surface area contributed by atoms with Crippen molar-refractivity contribution < 1.29 is 4.74 Å².